The van der Waals surface area contributed by atoms with Gasteiger partial charge in [-0.1, -0.05) is 31.5 Å². The zero-order valence-corrected chi connectivity index (χ0v) is 11.4. The number of alkyl halides is 3. The summed E-state index contributed by atoms with van der Waals surface area (Å²) in [4.78, 5) is 4.60. The Hall–Kier alpha value is -0.780. The molecule has 1 aromatic carbocycles. The molecule has 0 spiro atoms. The Kier molecular flexibility index (Phi) is 3.82. The third kappa shape index (κ3) is 3.41. The van der Waals surface area contributed by atoms with Crippen molar-refractivity contribution in [3.05, 3.63) is 34.3 Å². The molecule has 1 aliphatic rings. The largest absolute Gasteiger partial charge is 0.413 e. The summed E-state index contributed by atoms with van der Waals surface area (Å²) in [5.41, 5.74) is 4.30. The summed E-state index contributed by atoms with van der Waals surface area (Å²) in [6.45, 7) is 2.65. The number of fused-ring (bicyclic) bond motifs is 1. The van der Waals surface area contributed by atoms with E-state index in [0.717, 1.165) is 17.5 Å². The van der Waals surface area contributed by atoms with Crippen molar-refractivity contribution in [3.8, 4) is 0 Å². The molecule has 1 atom stereocenters. The fourth-order valence-corrected chi connectivity index (χ4v) is 2.62. The zero-order chi connectivity index (χ0) is 14.3. The fourth-order valence-electron chi connectivity index (χ4n) is 2.44. The number of nitrogens with one attached hydrogen (secondary N) is 1. The molecule has 1 aliphatic carbocycles. The van der Waals surface area contributed by atoms with Crippen LogP contribution in [0.4, 0.5) is 13.2 Å². The van der Waals surface area contributed by atoms with Crippen molar-refractivity contribution in [2.24, 2.45) is 5.41 Å². The lowest BCUT2D eigenvalue weighted by Gasteiger charge is -2.28. The molecule has 6 heteroatoms. The molecule has 1 aromatic rings. The van der Waals surface area contributed by atoms with E-state index in [0.29, 0.717) is 5.02 Å². The number of hydroxylamine groups is 1. The average molecular weight is 294 g/mol. The summed E-state index contributed by atoms with van der Waals surface area (Å²) in [7, 11) is 0. The van der Waals surface area contributed by atoms with Gasteiger partial charge in [-0.15, -0.1) is 0 Å². The second kappa shape index (κ2) is 4.96. The summed E-state index contributed by atoms with van der Waals surface area (Å²) in [5.74, 6) is 0. The Bertz CT molecular complexity index is 473. The molecule has 19 heavy (non-hydrogen) atoms. The monoisotopic (exact) mass is 293 g/mol. The normalized spacial score (nSPS) is 21.5. The summed E-state index contributed by atoms with van der Waals surface area (Å²) >= 11 is 5.94. The second-order valence-corrected chi connectivity index (χ2v) is 5.90. The molecule has 0 bridgehead atoms. The van der Waals surface area contributed by atoms with Gasteiger partial charge in [0.15, 0.2) is 6.61 Å². The van der Waals surface area contributed by atoms with Crippen molar-refractivity contribution in [1.82, 2.24) is 5.48 Å². The second-order valence-electron chi connectivity index (χ2n) is 5.46. The van der Waals surface area contributed by atoms with Crippen LogP contribution in [0.5, 0.6) is 0 Å². The quantitative estimate of drug-likeness (QED) is 0.849. The number of halogens is 4. The van der Waals surface area contributed by atoms with Crippen molar-refractivity contribution in [1.29, 1.82) is 0 Å². The minimum atomic E-state index is -4.34. The van der Waals surface area contributed by atoms with Crippen LogP contribution in [0.25, 0.3) is 0 Å². The summed E-state index contributed by atoms with van der Waals surface area (Å²) in [6.07, 6.45) is -3.57. The van der Waals surface area contributed by atoms with Gasteiger partial charge in [0.05, 0.1) is 6.04 Å². The van der Waals surface area contributed by atoms with Gasteiger partial charge in [0, 0.05) is 5.02 Å². The maximum Gasteiger partial charge on any atom is 0.413 e. The van der Waals surface area contributed by atoms with Crippen molar-refractivity contribution in [2.45, 2.75) is 32.5 Å². The summed E-state index contributed by atoms with van der Waals surface area (Å²) in [5, 5.41) is 0.569. The molecule has 2 rings (SSSR count). The topological polar surface area (TPSA) is 21.3 Å². The van der Waals surface area contributed by atoms with E-state index in [4.69, 9.17) is 11.6 Å². The molecular weight excluding hydrogens is 279 g/mol. The van der Waals surface area contributed by atoms with Gasteiger partial charge >= 0.3 is 6.18 Å². The first-order chi connectivity index (χ1) is 8.69. The van der Waals surface area contributed by atoms with Gasteiger partial charge in [-0.3, -0.25) is 4.84 Å². The molecule has 0 aliphatic heterocycles. The maximum absolute atomic E-state index is 12.1. The van der Waals surface area contributed by atoms with Crippen LogP contribution in [0.15, 0.2) is 18.2 Å². The minimum Gasteiger partial charge on any atom is -0.292 e. The first-order valence-corrected chi connectivity index (χ1v) is 6.29. The molecule has 0 fully saturated rings. The number of hydrogen-bond donors (Lipinski definition) is 1. The average Bonchev–Trinajstić information content (AvgIpc) is 2.48. The Morgan fingerprint density at radius 1 is 1.42 bits per heavy atom. The Morgan fingerprint density at radius 3 is 2.74 bits per heavy atom. The van der Waals surface area contributed by atoms with Crippen LogP contribution in [0, 0.1) is 5.41 Å². The highest BCUT2D eigenvalue weighted by atomic mass is 35.5. The molecule has 1 unspecified atom stereocenters. The van der Waals surface area contributed by atoms with Gasteiger partial charge in [0.1, 0.15) is 0 Å². The predicted octanol–water partition coefficient (Wildman–Crippen LogP) is 4.05. The van der Waals surface area contributed by atoms with E-state index < -0.39 is 12.8 Å². The van der Waals surface area contributed by atoms with E-state index in [1.807, 2.05) is 19.9 Å². The minimum absolute atomic E-state index is 0.224. The number of rotatable bonds is 3. The predicted molar refractivity (Wildman–Crippen MR) is 66.8 cm³/mol. The van der Waals surface area contributed by atoms with Crippen LogP contribution in [0.1, 0.15) is 31.0 Å². The van der Waals surface area contributed by atoms with Gasteiger partial charge in [-0.2, -0.15) is 18.7 Å². The van der Waals surface area contributed by atoms with E-state index in [1.54, 1.807) is 12.1 Å². The first kappa shape index (κ1) is 14.6. The number of benzene rings is 1. The van der Waals surface area contributed by atoms with Gasteiger partial charge in [0.2, 0.25) is 0 Å². The molecule has 0 heterocycles. The highest BCUT2D eigenvalue weighted by Crippen LogP contribution is 2.45. The van der Waals surface area contributed by atoms with Crippen molar-refractivity contribution >= 4 is 11.6 Å². The maximum atomic E-state index is 12.1. The van der Waals surface area contributed by atoms with E-state index in [2.05, 4.69) is 10.3 Å². The van der Waals surface area contributed by atoms with Crippen LogP contribution >= 0.6 is 11.6 Å². The molecule has 2 nitrogen and oxygen atoms in total. The standard InChI is InChI=1S/C13H15ClF3NO/c1-12(2)6-8-3-4-9(14)5-10(8)11(12)18-19-7-13(15,16)17/h3-5,11,18H,6-7H2,1-2H3. The van der Waals surface area contributed by atoms with Crippen molar-refractivity contribution < 1.29 is 18.0 Å². The third-order valence-corrected chi connectivity index (χ3v) is 3.52. The van der Waals surface area contributed by atoms with Crippen LogP contribution in [-0.2, 0) is 11.3 Å². The summed E-state index contributed by atoms with van der Waals surface area (Å²) < 4.78 is 36.3. The molecule has 1 N–H and O–H groups in total. The molecular formula is C13H15ClF3NO. The van der Waals surface area contributed by atoms with Crippen LogP contribution in [0.3, 0.4) is 0 Å². The smallest absolute Gasteiger partial charge is 0.292 e. The lowest BCUT2D eigenvalue weighted by Crippen LogP contribution is -2.34. The number of hydrogen-bond acceptors (Lipinski definition) is 2. The zero-order valence-electron chi connectivity index (χ0n) is 10.6. The molecule has 0 amide bonds. The highest BCUT2D eigenvalue weighted by Gasteiger charge is 2.40. The van der Waals surface area contributed by atoms with Crippen LogP contribution in [0.2, 0.25) is 5.02 Å². The fraction of sp³-hybridized carbons (Fsp3) is 0.538. The molecule has 0 radical (unpaired) electrons. The van der Waals surface area contributed by atoms with Gasteiger partial charge in [-0.25, -0.2) is 0 Å². The SMILES string of the molecule is CC1(C)Cc2ccc(Cl)cc2C1NOCC(F)(F)F. The van der Waals surface area contributed by atoms with Crippen LogP contribution in [-0.4, -0.2) is 12.8 Å². The summed E-state index contributed by atoms with van der Waals surface area (Å²) in [6, 6.07) is 5.17. The lowest BCUT2D eigenvalue weighted by molar-refractivity contribution is -0.196. The van der Waals surface area contributed by atoms with Crippen molar-refractivity contribution in [2.75, 3.05) is 6.61 Å². The van der Waals surface area contributed by atoms with E-state index in [9.17, 15) is 13.2 Å². The Balaban J connectivity index is 2.13. The van der Waals surface area contributed by atoms with E-state index >= 15 is 0 Å². The lowest BCUT2D eigenvalue weighted by atomic mass is 9.86. The molecule has 106 valence electrons. The molecule has 0 aromatic heterocycles. The third-order valence-electron chi connectivity index (χ3n) is 3.28. The van der Waals surface area contributed by atoms with Gasteiger partial charge in [0.25, 0.3) is 0 Å². The van der Waals surface area contributed by atoms with E-state index in [1.165, 1.54) is 0 Å². The first-order valence-electron chi connectivity index (χ1n) is 5.91. The molecule has 0 saturated carbocycles. The van der Waals surface area contributed by atoms with Crippen LogP contribution < -0.4 is 5.48 Å². The Morgan fingerprint density at radius 2 is 2.11 bits per heavy atom. The van der Waals surface area contributed by atoms with Gasteiger partial charge < -0.3 is 0 Å². The molecule has 0 saturated heterocycles. The van der Waals surface area contributed by atoms with Crippen molar-refractivity contribution in [3.63, 3.8) is 0 Å². The van der Waals surface area contributed by atoms with Gasteiger partial charge in [-0.05, 0) is 35.1 Å². The highest BCUT2D eigenvalue weighted by molar-refractivity contribution is 6.30. The van der Waals surface area contributed by atoms with E-state index in [-0.39, 0.29) is 11.5 Å². The Labute approximate surface area is 114 Å².